The minimum Gasteiger partial charge on any atom is -0.369 e. The first-order valence-electron chi connectivity index (χ1n) is 14.7. The zero-order valence-corrected chi connectivity index (χ0v) is 24.9. The number of sulfonamides is 1. The molecule has 0 spiro atoms. The van der Waals surface area contributed by atoms with E-state index in [-0.39, 0.29) is 23.0 Å². The Morgan fingerprint density at radius 1 is 1.02 bits per heavy atom. The van der Waals surface area contributed by atoms with Gasteiger partial charge in [-0.25, -0.2) is 8.42 Å². The largest absolute Gasteiger partial charge is 0.369 e. The van der Waals surface area contributed by atoms with E-state index in [1.165, 1.54) is 5.69 Å². The first kappa shape index (κ1) is 27.9. The third-order valence-corrected chi connectivity index (χ3v) is 10.7. The number of hydrogen-bond acceptors (Lipinski definition) is 9. The number of likely N-dealkylation sites (N-methyl/N-ethyl adjacent to an activating group) is 1. The molecule has 1 saturated carbocycles. The number of rotatable bonds is 9. The fourth-order valence-corrected chi connectivity index (χ4v) is 7.63. The molecule has 2 saturated heterocycles. The average Bonchev–Trinajstić information content (AvgIpc) is 3.74. The van der Waals surface area contributed by atoms with E-state index in [1.54, 1.807) is 10.5 Å². The van der Waals surface area contributed by atoms with E-state index in [4.69, 9.17) is 9.97 Å². The number of anilines is 4. The molecule has 1 aromatic carbocycles. The van der Waals surface area contributed by atoms with Crippen LogP contribution in [0.3, 0.4) is 0 Å². The number of benzene rings is 1. The number of hydrogen-bond donors (Lipinski definition) is 3. The molecule has 0 radical (unpaired) electrons. The number of aromatic amines is 1. The van der Waals surface area contributed by atoms with E-state index in [2.05, 4.69) is 44.6 Å². The molecule has 0 bridgehead atoms. The van der Waals surface area contributed by atoms with Crippen LogP contribution in [0.25, 0.3) is 11.0 Å². The molecule has 0 amide bonds. The average molecular weight is 581 g/mol. The normalized spacial score (nSPS) is 21.0. The van der Waals surface area contributed by atoms with Crippen LogP contribution in [0.4, 0.5) is 23.1 Å². The summed E-state index contributed by atoms with van der Waals surface area (Å²) < 4.78 is 27.5. The number of carbonyl (C=O) groups excluding carboxylic acids is 1. The van der Waals surface area contributed by atoms with Gasteiger partial charge in [0.15, 0.2) is 5.78 Å². The van der Waals surface area contributed by atoms with Gasteiger partial charge in [0.1, 0.15) is 11.5 Å². The summed E-state index contributed by atoms with van der Waals surface area (Å²) in [4.78, 5) is 30.5. The van der Waals surface area contributed by atoms with Gasteiger partial charge in [-0.15, -0.1) is 0 Å². The second-order valence-corrected chi connectivity index (χ2v) is 14.1. The fraction of sp³-hybridized carbons (Fsp3) is 0.552. The predicted octanol–water partition coefficient (Wildman–Crippen LogP) is 3.66. The molecule has 2 aromatic heterocycles. The second-order valence-electron chi connectivity index (χ2n) is 11.9. The van der Waals surface area contributed by atoms with Crippen LogP contribution in [-0.4, -0.2) is 96.0 Å². The molecule has 1 unspecified atom stereocenters. The van der Waals surface area contributed by atoms with Crippen molar-refractivity contribution in [2.24, 2.45) is 5.92 Å². The molecule has 1 aliphatic carbocycles. The van der Waals surface area contributed by atoms with Crippen LogP contribution >= 0.6 is 0 Å². The molecule has 6 rings (SSSR count). The molecule has 11 nitrogen and oxygen atoms in total. The molecule has 3 fully saturated rings. The number of fused-ring (bicyclic) bond motifs is 1. The Bertz CT molecular complexity index is 1510. The third-order valence-electron chi connectivity index (χ3n) is 8.34. The summed E-state index contributed by atoms with van der Waals surface area (Å²) in [5.74, 6) is 0.750. The van der Waals surface area contributed by atoms with Gasteiger partial charge in [-0.3, -0.25) is 4.79 Å². The Kier molecular flexibility index (Phi) is 7.64. The van der Waals surface area contributed by atoms with Crippen LogP contribution in [0.1, 0.15) is 49.9 Å². The van der Waals surface area contributed by atoms with Gasteiger partial charge in [0.2, 0.25) is 16.0 Å². The maximum absolute atomic E-state index is 13.1. The standard InChI is InChI=1S/C29H40N8O3S/c1-19(2)26(38)24-17-30-27-25(24)28(31-21-5-4-12-37(18-21)41(39,40)23-10-11-23)34-29(33-27)32-20-6-8-22(9-7-20)36-15-13-35(3)14-16-36/h6-9,17,19,21,23H,4-5,10-16,18H2,1-3H3,(H3,30,31,32,33,34). The quantitative estimate of drug-likeness (QED) is 0.325. The van der Waals surface area contributed by atoms with Gasteiger partial charge in [0.25, 0.3) is 0 Å². The van der Waals surface area contributed by atoms with Crippen molar-refractivity contribution in [2.45, 2.75) is 50.8 Å². The van der Waals surface area contributed by atoms with Crippen molar-refractivity contribution in [2.75, 3.05) is 61.8 Å². The van der Waals surface area contributed by atoms with Crippen LogP contribution in [0, 0.1) is 5.92 Å². The van der Waals surface area contributed by atoms with Crippen LogP contribution in [0.5, 0.6) is 0 Å². The van der Waals surface area contributed by atoms with E-state index in [9.17, 15) is 13.2 Å². The maximum atomic E-state index is 13.1. The summed E-state index contributed by atoms with van der Waals surface area (Å²) >= 11 is 0. The van der Waals surface area contributed by atoms with Gasteiger partial charge in [-0.1, -0.05) is 13.8 Å². The first-order valence-corrected chi connectivity index (χ1v) is 16.2. The molecular formula is C29H40N8O3S. The third kappa shape index (κ3) is 5.91. The van der Waals surface area contributed by atoms with E-state index in [0.717, 1.165) is 57.5 Å². The Morgan fingerprint density at radius 3 is 2.44 bits per heavy atom. The van der Waals surface area contributed by atoms with E-state index in [0.29, 0.717) is 41.5 Å². The van der Waals surface area contributed by atoms with Crippen molar-refractivity contribution in [3.05, 3.63) is 36.0 Å². The van der Waals surface area contributed by atoms with Crippen LogP contribution < -0.4 is 15.5 Å². The lowest BCUT2D eigenvalue weighted by Gasteiger charge is -2.34. The van der Waals surface area contributed by atoms with Crippen molar-refractivity contribution in [3.63, 3.8) is 0 Å². The summed E-state index contributed by atoms with van der Waals surface area (Å²) in [6.45, 7) is 8.79. The Morgan fingerprint density at radius 2 is 1.76 bits per heavy atom. The second kappa shape index (κ2) is 11.2. The number of nitrogens with zero attached hydrogens (tertiary/aromatic N) is 5. The number of piperazine rings is 1. The number of H-pyrrole nitrogens is 1. The number of piperidine rings is 1. The Hall–Kier alpha value is -3.22. The molecule has 220 valence electrons. The lowest BCUT2D eigenvalue weighted by molar-refractivity contribution is 0.0941. The topological polar surface area (TPSA) is 127 Å². The zero-order chi connectivity index (χ0) is 28.7. The summed E-state index contributed by atoms with van der Waals surface area (Å²) in [5.41, 5.74) is 3.14. The van der Waals surface area contributed by atoms with Gasteiger partial charge < -0.3 is 25.4 Å². The van der Waals surface area contributed by atoms with Gasteiger partial charge in [0.05, 0.1) is 10.6 Å². The summed E-state index contributed by atoms with van der Waals surface area (Å²) in [5, 5.41) is 7.25. The summed E-state index contributed by atoms with van der Waals surface area (Å²) in [6, 6.07) is 8.15. The maximum Gasteiger partial charge on any atom is 0.231 e. The van der Waals surface area contributed by atoms with E-state index in [1.807, 2.05) is 26.0 Å². The van der Waals surface area contributed by atoms with Crippen molar-refractivity contribution in [1.29, 1.82) is 0 Å². The number of carbonyl (C=O) groups is 1. The number of nitrogens with one attached hydrogen (secondary N) is 3. The molecule has 3 aromatic rings. The highest BCUT2D eigenvalue weighted by Gasteiger charge is 2.41. The monoisotopic (exact) mass is 580 g/mol. The minimum absolute atomic E-state index is 0.00434. The Balaban J connectivity index is 1.26. The molecule has 3 N–H and O–H groups in total. The number of Topliss-reactive ketones (excluding diaryl/α,β-unsaturated/α-hetero) is 1. The summed E-state index contributed by atoms with van der Waals surface area (Å²) in [7, 11) is -1.11. The zero-order valence-electron chi connectivity index (χ0n) is 24.1. The van der Waals surface area contributed by atoms with E-state index >= 15 is 0 Å². The highest BCUT2D eigenvalue weighted by Crippen LogP contribution is 2.34. The van der Waals surface area contributed by atoms with Crippen molar-refractivity contribution in [1.82, 2.24) is 24.2 Å². The van der Waals surface area contributed by atoms with Gasteiger partial charge in [0, 0.05) is 74.4 Å². The van der Waals surface area contributed by atoms with Gasteiger partial charge in [-0.2, -0.15) is 14.3 Å². The highest BCUT2D eigenvalue weighted by molar-refractivity contribution is 7.90. The molecule has 41 heavy (non-hydrogen) atoms. The lowest BCUT2D eigenvalue weighted by atomic mass is 10.0. The first-order chi connectivity index (χ1) is 19.7. The SMILES string of the molecule is CC(C)C(=O)c1c[nH]c2nc(Nc3ccc(N4CCN(C)CC4)cc3)nc(NC3CCCN(S(=O)(=O)C4CC4)C3)c12. The smallest absolute Gasteiger partial charge is 0.231 e. The van der Waals surface area contributed by atoms with Crippen LogP contribution in [0.2, 0.25) is 0 Å². The highest BCUT2D eigenvalue weighted by atomic mass is 32.2. The lowest BCUT2D eigenvalue weighted by Crippen LogP contribution is -2.46. The predicted molar refractivity (Wildman–Crippen MR) is 163 cm³/mol. The minimum atomic E-state index is -3.26. The van der Waals surface area contributed by atoms with Gasteiger partial charge in [-0.05, 0) is 57.0 Å². The van der Waals surface area contributed by atoms with Crippen LogP contribution in [0.15, 0.2) is 30.5 Å². The molecule has 12 heteroatoms. The number of aromatic nitrogens is 3. The molecule has 3 aliphatic rings. The van der Waals surface area contributed by atoms with Crippen molar-refractivity contribution < 1.29 is 13.2 Å². The van der Waals surface area contributed by atoms with Gasteiger partial charge >= 0.3 is 0 Å². The fourth-order valence-electron chi connectivity index (χ4n) is 5.71. The molecule has 2 aliphatic heterocycles. The van der Waals surface area contributed by atoms with Crippen molar-refractivity contribution >= 4 is 50.0 Å². The molecular weight excluding hydrogens is 540 g/mol. The van der Waals surface area contributed by atoms with E-state index < -0.39 is 10.0 Å². The Labute approximate surface area is 241 Å². The number of ketones is 1. The van der Waals surface area contributed by atoms with Crippen LogP contribution in [-0.2, 0) is 10.0 Å². The molecule has 4 heterocycles. The summed E-state index contributed by atoms with van der Waals surface area (Å²) in [6.07, 6.45) is 4.79. The molecule has 1 atom stereocenters. The van der Waals surface area contributed by atoms with Crippen molar-refractivity contribution in [3.8, 4) is 0 Å².